The number of amides is 2. The summed E-state index contributed by atoms with van der Waals surface area (Å²) in [6, 6.07) is 15.2. The van der Waals surface area contributed by atoms with Crippen molar-refractivity contribution in [2.75, 3.05) is 11.6 Å². The second kappa shape index (κ2) is 8.55. The summed E-state index contributed by atoms with van der Waals surface area (Å²) in [5.74, 6) is -0.284. The Morgan fingerprint density at radius 1 is 1.08 bits per heavy atom. The van der Waals surface area contributed by atoms with Crippen molar-refractivity contribution in [1.82, 2.24) is 5.32 Å². The van der Waals surface area contributed by atoms with Crippen molar-refractivity contribution in [3.8, 4) is 0 Å². The predicted octanol–water partition coefficient (Wildman–Crippen LogP) is 3.92. The molecule has 0 saturated heterocycles. The van der Waals surface area contributed by atoms with E-state index in [9.17, 15) is 9.59 Å². The van der Waals surface area contributed by atoms with Crippen molar-refractivity contribution < 1.29 is 9.59 Å². The van der Waals surface area contributed by atoms with Crippen LogP contribution in [-0.2, 0) is 9.59 Å². The van der Waals surface area contributed by atoms with Crippen molar-refractivity contribution in [1.29, 1.82) is 0 Å². The molecular formula is C19H22N2O2S. The van der Waals surface area contributed by atoms with Gasteiger partial charge in [-0.1, -0.05) is 42.0 Å². The smallest absolute Gasteiger partial charge is 0.226 e. The number of hydrogen-bond acceptors (Lipinski definition) is 3. The number of benzene rings is 2. The van der Waals surface area contributed by atoms with E-state index in [1.807, 2.05) is 61.7 Å². The van der Waals surface area contributed by atoms with Gasteiger partial charge in [-0.25, -0.2) is 0 Å². The van der Waals surface area contributed by atoms with E-state index in [2.05, 4.69) is 10.6 Å². The molecule has 0 saturated carbocycles. The predicted molar refractivity (Wildman–Crippen MR) is 99.2 cm³/mol. The zero-order valence-corrected chi connectivity index (χ0v) is 14.9. The number of carbonyl (C=O) groups is 2. The van der Waals surface area contributed by atoms with Crippen LogP contribution in [0, 0.1) is 6.92 Å². The molecule has 2 aromatic carbocycles. The third kappa shape index (κ3) is 5.13. The molecule has 0 aromatic heterocycles. The number of hydrogen-bond donors (Lipinski definition) is 2. The van der Waals surface area contributed by atoms with Crippen LogP contribution in [0.5, 0.6) is 0 Å². The number of anilines is 1. The van der Waals surface area contributed by atoms with E-state index in [1.54, 1.807) is 11.8 Å². The van der Waals surface area contributed by atoms with Gasteiger partial charge < -0.3 is 10.6 Å². The van der Waals surface area contributed by atoms with Crippen LogP contribution in [0.25, 0.3) is 0 Å². The topological polar surface area (TPSA) is 58.2 Å². The van der Waals surface area contributed by atoms with E-state index < -0.39 is 0 Å². The number of thioether (sulfide) groups is 1. The lowest BCUT2D eigenvalue weighted by Gasteiger charge is -2.19. The molecule has 0 fully saturated rings. The van der Waals surface area contributed by atoms with E-state index in [1.165, 1.54) is 6.92 Å². The van der Waals surface area contributed by atoms with Crippen molar-refractivity contribution in [3.05, 3.63) is 59.7 Å². The average molecular weight is 342 g/mol. The third-order valence-corrected chi connectivity index (χ3v) is 4.42. The van der Waals surface area contributed by atoms with Crippen molar-refractivity contribution in [2.45, 2.75) is 31.2 Å². The molecule has 0 bridgehead atoms. The van der Waals surface area contributed by atoms with E-state index in [4.69, 9.17) is 0 Å². The average Bonchev–Trinajstić information content (AvgIpc) is 2.55. The van der Waals surface area contributed by atoms with Crippen LogP contribution in [0.1, 0.15) is 30.5 Å². The molecule has 0 radical (unpaired) electrons. The summed E-state index contributed by atoms with van der Waals surface area (Å²) in [5.41, 5.74) is 2.85. The van der Waals surface area contributed by atoms with Crippen LogP contribution in [-0.4, -0.2) is 18.1 Å². The van der Waals surface area contributed by atoms with E-state index >= 15 is 0 Å². The second-order valence-corrected chi connectivity index (χ2v) is 6.46. The van der Waals surface area contributed by atoms with Gasteiger partial charge in [-0.3, -0.25) is 9.59 Å². The molecule has 126 valence electrons. The van der Waals surface area contributed by atoms with Crippen LogP contribution in [0.3, 0.4) is 0 Å². The maximum atomic E-state index is 12.4. The lowest BCUT2D eigenvalue weighted by atomic mass is 10.0. The number of aryl methyl sites for hydroxylation is 1. The Hall–Kier alpha value is -2.27. The zero-order valence-electron chi connectivity index (χ0n) is 14.1. The summed E-state index contributed by atoms with van der Waals surface area (Å²) < 4.78 is 0. The molecule has 1 unspecified atom stereocenters. The molecule has 24 heavy (non-hydrogen) atoms. The first-order valence-electron chi connectivity index (χ1n) is 7.76. The minimum atomic E-state index is -0.343. The number of nitrogens with one attached hydrogen (secondary N) is 2. The number of rotatable bonds is 6. The van der Waals surface area contributed by atoms with Gasteiger partial charge in [0.2, 0.25) is 11.8 Å². The monoisotopic (exact) mass is 342 g/mol. The molecule has 2 rings (SSSR count). The van der Waals surface area contributed by atoms with Gasteiger partial charge in [0, 0.05) is 11.8 Å². The van der Waals surface area contributed by atoms with Crippen LogP contribution >= 0.6 is 11.8 Å². The normalized spacial score (nSPS) is 11.6. The molecule has 4 nitrogen and oxygen atoms in total. The minimum absolute atomic E-state index is 0.129. The molecular weight excluding hydrogens is 320 g/mol. The van der Waals surface area contributed by atoms with Crippen LogP contribution in [0.2, 0.25) is 0 Å². The van der Waals surface area contributed by atoms with Gasteiger partial charge in [0.15, 0.2) is 0 Å². The zero-order chi connectivity index (χ0) is 17.5. The van der Waals surface area contributed by atoms with E-state index in [0.29, 0.717) is 0 Å². The first-order chi connectivity index (χ1) is 11.5. The number of para-hydroxylation sites is 1. The minimum Gasteiger partial charge on any atom is -0.349 e. The molecule has 2 amide bonds. The number of carbonyl (C=O) groups excluding carboxylic acids is 2. The van der Waals surface area contributed by atoms with Crippen molar-refractivity contribution >= 4 is 29.3 Å². The highest BCUT2D eigenvalue weighted by Gasteiger charge is 2.17. The third-order valence-electron chi connectivity index (χ3n) is 3.63. The first-order valence-corrected chi connectivity index (χ1v) is 8.98. The highest BCUT2D eigenvalue weighted by atomic mass is 32.2. The molecule has 0 aliphatic carbocycles. The molecule has 0 spiro atoms. The van der Waals surface area contributed by atoms with Crippen LogP contribution < -0.4 is 10.6 Å². The molecule has 2 N–H and O–H groups in total. The molecule has 0 heterocycles. The Morgan fingerprint density at radius 2 is 1.75 bits per heavy atom. The van der Waals surface area contributed by atoms with Crippen LogP contribution in [0.15, 0.2) is 53.4 Å². The maximum absolute atomic E-state index is 12.4. The quantitative estimate of drug-likeness (QED) is 0.782. The van der Waals surface area contributed by atoms with Crippen LogP contribution in [0.4, 0.5) is 5.69 Å². The van der Waals surface area contributed by atoms with Gasteiger partial charge in [0.25, 0.3) is 0 Å². The van der Waals surface area contributed by atoms with E-state index in [0.717, 1.165) is 21.7 Å². The van der Waals surface area contributed by atoms with Gasteiger partial charge in [-0.2, -0.15) is 0 Å². The van der Waals surface area contributed by atoms with Crippen molar-refractivity contribution in [3.63, 3.8) is 0 Å². The van der Waals surface area contributed by atoms with Gasteiger partial charge in [0.05, 0.1) is 18.2 Å². The fraction of sp³-hybridized carbons (Fsp3) is 0.263. The molecule has 0 aliphatic heterocycles. The summed E-state index contributed by atoms with van der Waals surface area (Å²) in [4.78, 5) is 24.9. The fourth-order valence-electron chi connectivity index (χ4n) is 2.43. The molecule has 5 heteroatoms. The first kappa shape index (κ1) is 18.1. The summed E-state index contributed by atoms with van der Waals surface area (Å²) in [7, 11) is 0. The Kier molecular flexibility index (Phi) is 6.44. The van der Waals surface area contributed by atoms with Gasteiger partial charge in [-0.05, 0) is 30.9 Å². The summed E-state index contributed by atoms with van der Waals surface area (Å²) >= 11 is 1.58. The lowest BCUT2D eigenvalue weighted by molar-refractivity contribution is -0.120. The highest BCUT2D eigenvalue weighted by molar-refractivity contribution is 7.98. The standard InChI is InChI=1S/C19H22N2O2S/c1-13-8-10-15(11-9-13)17(20-14(2)22)12-19(23)21-16-6-4-5-7-18(16)24-3/h4-11,17H,12H2,1-3H3,(H,20,22)(H,21,23). The van der Waals surface area contributed by atoms with Gasteiger partial charge in [-0.15, -0.1) is 11.8 Å². The maximum Gasteiger partial charge on any atom is 0.226 e. The summed E-state index contributed by atoms with van der Waals surface area (Å²) in [6.07, 6.45) is 2.16. The van der Waals surface area contributed by atoms with Gasteiger partial charge >= 0.3 is 0 Å². The fourth-order valence-corrected chi connectivity index (χ4v) is 2.98. The van der Waals surface area contributed by atoms with Gasteiger partial charge in [0.1, 0.15) is 0 Å². The summed E-state index contributed by atoms with van der Waals surface area (Å²) in [5, 5.41) is 5.79. The summed E-state index contributed by atoms with van der Waals surface area (Å²) in [6.45, 7) is 3.46. The Morgan fingerprint density at radius 3 is 2.38 bits per heavy atom. The highest BCUT2D eigenvalue weighted by Crippen LogP contribution is 2.25. The second-order valence-electron chi connectivity index (χ2n) is 5.62. The Bertz CT molecular complexity index is 714. The Balaban J connectivity index is 2.12. The molecule has 2 aromatic rings. The Labute approximate surface area is 147 Å². The van der Waals surface area contributed by atoms with Crippen molar-refractivity contribution in [2.24, 2.45) is 0 Å². The molecule has 1 atom stereocenters. The van der Waals surface area contributed by atoms with E-state index in [-0.39, 0.29) is 24.3 Å². The largest absolute Gasteiger partial charge is 0.349 e. The lowest BCUT2D eigenvalue weighted by Crippen LogP contribution is -2.29. The SMILES string of the molecule is CSc1ccccc1NC(=O)CC(NC(C)=O)c1ccc(C)cc1. The molecule has 0 aliphatic rings.